The van der Waals surface area contributed by atoms with E-state index < -0.39 is 46.9 Å². The Morgan fingerprint density at radius 3 is 2.14 bits per heavy atom. The Morgan fingerprint density at radius 2 is 1.51 bits per heavy atom. The molecular formula is C27H17Cl2NO5. The first-order valence-electron chi connectivity index (χ1n) is 11.0. The number of carbonyl (C=O) groups is 4. The summed E-state index contributed by atoms with van der Waals surface area (Å²) in [5.74, 6) is -4.88. The van der Waals surface area contributed by atoms with Crippen LogP contribution in [-0.4, -0.2) is 29.0 Å². The lowest BCUT2D eigenvalue weighted by Gasteiger charge is -2.27. The van der Waals surface area contributed by atoms with Crippen molar-refractivity contribution in [3.8, 4) is 0 Å². The highest BCUT2D eigenvalue weighted by molar-refractivity contribution is 6.37. The van der Waals surface area contributed by atoms with Crippen LogP contribution in [0.15, 0.2) is 66.7 Å². The van der Waals surface area contributed by atoms with Crippen LogP contribution in [0.3, 0.4) is 0 Å². The van der Waals surface area contributed by atoms with Gasteiger partial charge in [0, 0.05) is 26.7 Å². The zero-order valence-corrected chi connectivity index (χ0v) is 19.8. The van der Waals surface area contributed by atoms with E-state index in [1.807, 2.05) is 13.0 Å². The first kappa shape index (κ1) is 22.2. The van der Waals surface area contributed by atoms with Gasteiger partial charge in [-0.05, 0) is 36.8 Å². The van der Waals surface area contributed by atoms with E-state index in [9.17, 15) is 19.2 Å². The first-order valence-corrected chi connectivity index (χ1v) is 11.8. The number of rotatable bonds is 2. The van der Waals surface area contributed by atoms with Gasteiger partial charge in [-0.2, -0.15) is 0 Å². The van der Waals surface area contributed by atoms with Crippen molar-refractivity contribution in [1.29, 1.82) is 0 Å². The summed E-state index contributed by atoms with van der Waals surface area (Å²) in [6, 6.07) is 18.0. The van der Waals surface area contributed by atoms with Crippen LogP contribution in [0.5, 0.6) is 0 Å². The second kappa shape index (κ2) is 7.59. The number of hydrogen-bond acceptors (Lipinski definition) is 5. The maximum Gasteiger partial charge on any atom is 0.241 e. The topological polar surface area (TPSA) is 80.8 Å². The number of amides is 2. The Labute approximate surface area is 210 Å². The Bertz CT molecular complexity index is 1450. The van der Waals surface area contributed by atoms with Crippen LogP contribution in [-0.2, 0) is 14.3 Å². The van der Waals surface area contributed by atoms with Gasteiger partial charge in [0.05, 0.1) is 23.6 Å². The second-order valence-corrected chi connectivity index (χ2v) is 9.84. The second-order valence-electron chi connectivity index (χ2n) is 9.00. The molecule has 6 nitrogen and oxygen atoms in total. The molecule has 35 heavy (non-hydrogen) atoms. The van der Waals surface area contributed by atoms with Crippen molar-refractivity contribution in [2.75, 3.05) is 4.90 Å². The highest BCUT2D eigenvalue weighted by Crippen LogP contribution is 2.58. The highest BCUT2D eigenvalue weighted by Gasteiger charge is 2.74. The summed E-state index contributed by atoms with van der Waals surface area (Å²) in [6.45, 7) is 1.84. The van der Waals surface area contributed by atoms with Gasteiger partial charge in [0.1, 0.15) is 0 Å². The number of halogens is 2. The fourth-order valence-corrected chi connectivity index (χ4v) is 6.07. The molecule has 2 fully saturated rings. The van der Waals surface area contributed by atoms with Crippen LogP contribution in [0.1, 0.15) is 37.9 Å². The maximum atomic E-state index is 13.9. The molecule has 8 heteroatoms. The quantitative estimate of drug-likeness (QED) is 0.361. The molecular weight excluding hydrogens is 489 g/mol. The minimum atomic E-state index is -2.15. The van der Waals surface area contributed by atoms with E-state index >= 15 is 0 Å². The molecule has 0 N–H and O–H groups in total. The molecule has 0 radical (unpaired) electrons. The van der Waals surface area contributed by atoms with Crippen LogP contribution in [0, 0.1) is 18.8 Å². The van der Waals surface area contributed by atoms with Crippen molar-refractivity contribution in [3.63, 3.8) is 0 Å². The minimum absolute atomic E-state index is 0.174. The largest absolute Gasteiger partial charge is 0.349 e. The predicted octanol–water partition coefficient (Wildman–Crippen LogP) is 5.00. The van der Waals surface area contributed by atoms with E-state index in [1.54, 1.807) is 42.5 Å². The molecule has 3 atom stereocenters. The van der Waals surface area contributed by atoms with Crippen LogP contribution in [0.2, 0.25) is 10.0 Å². The lowest BCUT2D eigenvalue weighted by Crippen LogP contribution is -2.51. The van der Waals surface area contributed by atoms with E-state index in [4.69, 9.17) is 27.9 Å². The molecule has 2 heterocycles. The summed E-state index contributed by atoms with van der Waals surface area (Å²) in [5.41, 5.74) is -0.189. The Kier molecular flexibility index (Phi) is 4.81. The smallest absolute Gasteiger partial charge is 0.241 e. The molecule has 0 aromatic heterocycles. The summed E-state index contributed by atoms with van der Waals surface area (Å²) in [4.78, 5) is 56.3. The van der Waals surface area contributed by atoms with Gasteiger partial charge < -0.3 is 4.74 Å². The van der Waals surface area contributed by atoms with E-state index in [0.29, 0.717) is 16.3 Å². The van der Waals surface area contributed by atoms with Crippen molar-refractivity contribution < 1.29 is 23.9 Å². The number of carbonyl (C=O) groups excluding carboxylic acids is 4. The third-order valence-electron chi connectivity index (χ3n) is 7.05. The average molecular weight is 506 g/mol. The summed E-state index contributed by atoms with van der Waals surface area (Å²) >= 11 is 12.5. The molecule has 3 aromatic rings. The Hall–Kier alpha value is -3.32. The van der Waals surface area contributed by atoms with Crippen molar-refractivity contribution in [1.82, 2.24) is 0 Å². The van der Waals surface area contributed by atoms with Gasteiger partial charge in [-0.1, -0.05) is 65.7 Å². The van der Waals surface area contributed by atoms with Gasteiger partial charge in [-0.25, -0.2) is 4.90 Å². The number of benzene rings is 3. The number of nitrogens with zero attached hydrogens (tertiary/aromatic N) is 1. The summed E-state index contributed by atoms with van der Waals surface area (Å²) in [6.07, 6.45) is -1.10. The van der Waals surface area contributed by atoms with E-state index in [2.05, 4.69) is 0 Å². The molecule has 0 saturated carbocycles. The van der Waals surface area contributed by atoms with E-state index in [-0.39, 0.29) is 16.1 Å². The fourth-order valence-electron chi connectivity index (χ4n) is 5.55. The van der Waals surface area contributed by atoms with Gasteiger partial charge in [0.15, 0.2) is 0 Å². The molecule has 0 bridgehead atoms. The lowest BCUT2D eigenvalue weighted by atomic mass is 9.77. The Balaban J connectivity index is 1.57. The molecule has 3 aromatic carbocycles. The SMILES string of the molecule is Cc1cccc(N2C(=O)[C@H]3[C@@H](c4ccc(Cl)cc4Cl)OC4(C(=O)c5ccccc5C4=O)[C@@H]3C2=O)c1. The van der Waals surface area contributed by atoms with Gasteiger partial charge in [0.25, 0.3) is 0 Å². The minimum Gasteiger partial charge on any atom is -0.349 e. The van der Waals surface area contributed by atoms with Crippen molar-refractivity contribution in [3.05, 3.63) is 99.0 Å². The number of ketones is 2. The molecule has 2 aliphatic heterocycles. The van der Waals surface area contributed by atoms with Gasteiger partial charge in [0.2, 0.25) is 29.0 Å². The van der Waals surface area contributed by atoms with Gasteiger partial charge in [-0.15, -0.1) is 0 Å². The number of fused-ring (bicyclic) bond motifs is 3. The first-order chi connectivity index (χ1) is 16.8. The summed E-state index contributed by atoms with van der Waals surface area (Å²) in [5, 5.41) is 0.585. The lowest BCUT2D eigenvalue weighted by molar-refractivity contribution is -0.127. The molecule has 3 aliphatic rings. The zero-order valence-electron chi connectivity index (χ0n) is 18.3. The fraction of sp³-hybridized carbons (Fsp3) is 0.185. The van der Waals surface area contributed by atoms with Crippen molar-refractivity contribution in [2.24, 2.45) is 11.8 Å². The number of ether oxygens (including phenoxy) is 1. The molecule has 1 aliphatic carbocycles. The molecule has 6 rings (SSSR count). The highest BCUT2D eigenvalue weighted by atomic mass is 35.5. The number of Topliss-reactive ketones (excluding diaryl/α,β-unsaturated/α-hetero) is 2. The van der Waals surface area contributed by atoms with Crippen molar-refractivity contribution >= 4 is 52.3 Å². The Morgan fingerprint density at radius 1 is 0.829 bits per heavy atom. The zero-order chi connectivity index (χ0) is 24.6. The molecule has 2 saturated heterocycles. The predicted molar refractivity (Wildman–Crippen MR) is 129 cm³/mol. The van der Waals surface area contributed by atoms with Crippen LogP contribution < -0.4 is 4.90 Å². The number of imide groups is 1. The molecule has 174 valence electrons. The number of aryl methyl sites for hydroxylation is 1. The third kappa shape index (κ3) is 2.88. The average Bonchev–Trinajstić information content (AvgIpc) is 3.39. The van der Waals surface area contributed by atoms with Gasteiger partial charge >= 0.3 is 0 Å². The molecule has 0 unspecified atom stereocenters. The van der Waals surface area contributed by atoms with Crippen LogP contribution in [0.4, 0.5) is 5.69 Å². The molecule has 1 spiro atoms. The van der Waals surface area contributed by atoms with Gasteiger partial charge in [-0.3, -0.25) is 19.2 Å². The third-order valence-corrected chi connectivity index (χ3v) is 7.61. The van der Waals surface area contributed by atoms with Crippen molar-refractivity contribution in [2.45, 2.75) is 18.6 Å². The normalized spacial score (nSPS) is 24.4. The number of hydrogen-bond donors (Lipinski definition) is 0. The summed E-state index contributed by atoms with van der Waals surface area (Å²) < 4.78 is 6.24. The van der Waals surface area contributed by atoms with E-state index in [0.717, 1.165) is 10.5 Å². The maximum absolute atomic E-state index is 13.9. The monoisotopic (exact) mass is 505 g/mol. The standard InChI is InChI=1S/C27H17Cl2NO5/c1-13-5-4-6-15(11-13)30-25(33)20-21(26(30)34)27(23(31)16-7-2-3-8-17(16)24(27)32)35-22(20)18-10-9-14(28)12-19(18)29/h2-12,20-22H,1H3/t20-,21+,22-/m1/s1. The van der Waals surface area contributed by atoms with Crippen LogP contribution >= 0.6 is 23.2 Å². The summed E-state index contributed by atoms with van der Waals surface area (Å²) in [7, 11) is 0. The van der Waals surface area contributed by atoms with Crippen LogP contribution in [0.25, 0.3) is 0 Å². The van der Waals surface area contributed by atoms with E-state index in [1.165, 1.54) is 18.2 Å². The number of anilines is 1. The molecule has 2 amide bonds.